The van der Waals surface area contributed by atoms with Crippen LogP contribution in [0.1, 0.15) is 12.0 Å². The molecule has 184 valence electrons. The third-order valence-electron chi connectivity index (χ3n) is 6.07. The molecule has 2 saturated heterocycles. The molecule has 0 spiro atoms. The monoisotopic (exact) mass is 503 g/mol. The lowest BCUT2D eigenvalue weighted by molar-refractivity contribution is -0.117. The zero-order valence-electron chi connectivity index (χ0n) is 17.7. The van der Waals surface area contributed by atoms with E-state index in [1.807, 2.05) is 0 Å². The maximum Gasteiger partial charge on any atom is 0.417 e. The van der Waals surface area contributed by atoms with Crippen LogP contribution in [-0.2, 0) is 25.1 Å². The average molecular weight is 503 g/mol. The van der Waals surface area contributed by atoms with Crippen molar-refractivity contribution in [3.05, 3.63) is 53.5 Å². The van der Waals surface area contributed by atoms with Crippen molar-refractivity contribution in [1.82, 2.24) is 14.9 Å². The molecule has 2 fully saturated rings. The Morgan fingerprint density at radius 1 is 1.35 bits per heavy atom. The summed E-state index contributed by atoms with van der Waals surface area (Å²) < 4.78 is 85.3. The third-order valence-corrected chi connectivity index (χ3v) is 8.27. The van der Waals surface area contributed by atoms with Crippen molar-refractivity contribution in [2.75, 3.05) is 25.6 Å². The molecule has 34 heavy (non-hydrogen) atoms. The van der Waals surface area contributed by atoms with Crippen molar-refractivity contribution in [2.24, 2.45) is 0 Å². The number of guanidine groups is 1. The quantitative estimate of drug-likeness (QED) is 0.464. The fraction of sp³-hybridized carbons (Fsp3) is 0.400. The van der Waals surface area contributed by atoms with Crippen molar-refractivity contribution in [3.63, 3.8) is 0 Å². The molecule has 0 aromatic heterocycles. The Hall–Kier alpha value is -3.13. The summed E-state index contributed by atoms with van der Waals surface area (Å²) in [4.78, 5) is 12.6. The van der Waals surface area contributed by atoms with Gasteiger partial charge in [-0.25, -0.2) is 17.1 Å². The van der Waals surface area contributed by atoms with Gasteiger partial charge in [-0.05, 0) is 30.7 Å². The molecule has 1 aromatic rings. The number of sulfonamides is 1. The number of halogens is 4. The van der Waals surface area contributed by atoms with Crippen LogP contribution in [-0.4, -0.2) is 62.3 Å². The molecule has 0 bridgehead atoms. The number of anilines is 1. The minimum Gasteiger partial charge on any atom is -0.380 e. The Morgan fingerprint density at radius 3 is 2.74 bits per heavy atom. The number of ether oxygens (including phenoxy) is 1. The number of allylic oxidation sites excluding steroid dienone is 2. The number of amides is 1. The molecule has 4 rings (SSSR count). The van der Waals surface area contributed by atoms with E-state index in [0.717, 1.165) is 22.5 Å². The fourth-order valence-corrected chi connectivity index (χ4v) is 5.94. The molecule has 4 N–H and O–H groups in total. The Bertz CT molecular complexity index is 1200. The first-order valence-electron chi connectivity index (χ1n) is 10.1. The van der Waals surface area contributed by atoms with Gasteiger partial charge >= 0.3 is 6.18 Å². The van der Waals surface area contributed by atoms with Crippen molar-refractivity contribution >= 4 is 27.6 Å². The number of carbonyl (C=O) groups excluding carboxylic acids is 1. The number of benzene rings is 1. The number of hydrogen-bond acceptors (Lipinski definition) is 6. The van der Waals surface area contributed by atoms with Gasteiger partial charge in [0.25, 0.3) is 5.91 Å². The van der Waals surface area contributed by atoms with Gasteiger partial charge in [0.1, 0.15) is 17.1 Å². The summed E-state index contributed by atoms with van der Waals surface area (Å²) in [6.45, 7) is -0.121. The molecule has 9 nitrogen and oxygen atoms in total. The first-order chi connectivity index (χ1) is 15.9. The van der Waals surface area contributed by atoms with Crippen molar-refractivity contribution < 1.29 is 35.5 Å². The Morgan fingerprint density at radius 2 is 2.09 bits per heavy atom. The second-order valence-corrected chi connectivity index (χ2v) is 10.2. The third kappa shape index (κ3) is 4.00. The van der Waals surface area contributed by atoms with Crippen LogP contribution in [0.25, 0.3) is 0 Å². The van der Waals surface area contributed by atoms with Gasteiger partial charge in [-0.2, -0.15) is 13.2 Å². The van der Waals surface area contributed by atoms with Crippen molar-refractivity contribution in [2.45, 2.75) is 29.4 Å². The van der Waals surface area contributed by atoms with Gasteiger partial charge in [0.2, 0.25) is 16.0 Å². The molecule has 3 atom stereocenters. The van der Waals surface area contributed by atoms with E-state index in [1.54, 1.807) is 0 Å². The molecule has 3 heterocycles. The molecule has 0 radical (unpaired) electrons. The van der Waals surface area contributed by atoms with E-state index in [0.29, 0.717) is 6.20 Å². The maximum atomic E-state index is 15.0. The van der Waals surface area contributed by atoms with Gasteiger partial charge in [0, 0.05) is 31.1 Å². The van der Waals surface area contributed by atoms with Gasteiger partial charge < -0.3 is 20.7 Å². The first-order valence-corrected chi connectivity index (χ1v) is 11.6. The molecule has 2 unspecified atom stereocenters. The molecule has 3 aliphatic heterocycles. The summed E-state index contributed by atoms with van der Waals surface area (Å²) in [6, 6.07) is 2.45. The van der Waals surface area contributed by atoms with Crippen LogP contribution in [0.5, 0.6) is 0 Å². The van der Waals surface area contributed by atoms with E-state index < -0.39 is 56.3 Å². The predicted octanol–water partition coefficient (Wildman–Crippen LogP) is 1.52. The van der Waals surface area contributed by atoms with E-state index >= 15 is 4.39 Å². The van der Waals surface area contributed by atoms with Gasteiger partial charge in [-0.15, -0.1) is 0 Å². The second kappa shape index (κ2) is 8.27. The Balaban J connectivity index is 1.63. The highest BCUT2D eigenvalue weighted by Gasteiger charge is 2.56. The van der Waals surface area contributed by atoms with Crippen LogP contribution >= 0.6 is 0 Å². The predicted molar refractivity (Wildman–Crippen MR) is 114 cm³/mol. The number of dihydropyridines is 1. The van der Waals surface area contributed by atoms with Crippen LogP contribution in [0, 0.1) is 11.2 Å². The minimum absolute atomic E-state index is 0.0410. The zero-order valence-corrected chi connectivity index (χ0v) is 18.6. The Kier molecular flexibility index (Phi) is 5.84. The van der Waals surface area contributed by atoms with Crippen LogP contribution in [0.4, 0.5) is 23.2 Å². The van der Waals surface area contributed by atoms with Gasteiger partial charge in [-0.3, -0.25) is 10.2 Å². The number of alkyl halides is 3. The van der Waals surface area contributed by atoms with E-state index in [2.05, 4.69) is 16.0 Å². The summed E-state index contributed by atoms with van der Waals surface area (Å²) in [5.74, 6) is -1.89. The number of nitrogens with one attached hydrogen (secondary N) is 4. The van der Waals surface area contributed by atoms with E-state index in [1.165, 1.54) is 19.2 Å². The topological polar surface area (TPSA) is 124 Å². The highest BCUT2D eigenvalue weighted by Crippen LogP contribution is 2.41. The zero-order chi connectivity index (χ0) is 24.9. The molecular formula is C20H21F4N5O4S. The van der Waals surface area contributed by atoms with E-state index in [4.69, 9.17) is 10.1 Å². The van der Waals surface area contributed by atoms with E-state index in [9.17, 15) is 26.4 Å². The molecule has 0 aliphatic carbocycles. The summed E-state index contributed by atoms with van der Waals surface area (Å²) in [6.07, 6.45) is -2.01. The van der Waals surface area contributed by atoms with Gasteiger partial charge in [0.15, 0.2) is 0 Å². The lowest BCUT2D eigenvalue weighted by atomic mass is 9.81. The number of carbonyl (C=O) groups is 1. The van der Waals surface area contributed by atoms with Crippen LogP contribution in [0.15, 0.2) is 42.1 Å². The summed E-state index contributed by atoms with van der Waals surface area (Å²) in [7, 11) is -2.85. The smallest absolute Gasteiger partial charge is 0.380 e. The van der Waals surface area contributed by atoms with Crippen molar-refractivity contribution in [3.8, 4) is 0 Å². The number of fused-ring (bicyclic) bond motifs is 1. The molecule has 1 amide bonds. The highest BCUT2D eigenvalue weighted by atomic mass is 32.2. The molecule has 14 heteroatoms. The second-order valence-electron chi connectivity index (χ2n) is 8.06. The van der Waals surface area contributed by atoms with Crippen LogP contribution in [0.2, 0.25) is 0 Å². The number of nitrogens with zero attached hydrogens (tertiary/aromatic N) is 1. The fourth-order valence-electron chi connectivity index (χ4n) is 4.18. The minimum atomic E-state index is -4.56. The highest BCUT2D eigenvalue weighted by molar-refractivity contribution is 7.90. The summed E-state index contributed by atoms with van der Waals surface area (Å²) in [5.41, 5.74) is -2.43. The normalized spacial score (nSPS) is 28.3. The van der Waals surface area contributed by atoms with Crippen LogP contribution in [0.3, 0.4) is 0 Å². The van der Waals surface area contributed by atoms with E-state index in [-0.39, 0.29) is 30.9 Å². The number of hydrogen-bond donors (Lipinski definition) is 4. The van der Waals surface area contributed by atoms with Gasteiger partial charge in [0.05, 0.1) is 17.7 Å². The maximum absolute atomic E-state index is 15.0. The van der Waals surface area contributed by atoms with Crippen LogP contribution < -0.4 is 16.0 Å². The van der Waals surface area contributed by atoms with Gasteiger partial charge in [-0.1, -0.05) is 6.08 Å². The lowest BCUT2D eigenvalue weighted by Gasteiger charge is -2.50. The molecule has 1 aromatic carbocycles. The number of rotatable bonds is 3. The molecule has 3 aliphatic rings. The molecule has 0 saturated carbocycles. The average Bonchev–Trinajstić information content (AvgIpc) is 2.78. The lowest BCUT2D eigenvalue weighted by Crippen LogP contribution is -2.70. The summed E-state index contributed by atoms with van der Waals surface area (Å²) >= 11 is 0. The SMILES string of the molecule is CN1C(=N)N[C@@]2(c3cc(NC(=O)C4C=CC(C(F)(F)F)=CN4)ccc3F)CCOCC2S1(=O)=O. The first kappa shape index (κ1) is 24.0. The Labute approximate surface area is 192 Å². The summed E-state index contributed by atoms with van der Waals surface area (Å²) in [5, 5.41) is 14.5. The molecular weight excluding hydrogens is 482 g/mol. The standard InChI is InChI=1S/C20H21F4N5O4S/c1-29-18(25)28-19(6-7-33-10-16(19)34(29,31)32)13-8-12(3-4-14(13)21)27-17(30)15-5-2-11(9-26-15)20(22,23)24/h2-5,8-9,15-16,26H,6-7,10H2,1H3,(H2,25,28)(H,27,30)/t15?,16?,19-/m1/s1. The van der Waals surface area contributed by atoms with Crippen molar-refractivity contribution in [1.29, 1.82) is 5.41 Å². The largest absolute Gasteiger partial charge is 0.417 e.